The van der Waals surface area contributed by atoms with Crippen molar-refractivity contribution in [2.45, 2.75) is 25.4 Å². The topological polar surface area (TPSA) is 20.2 Å². The summed E-state index contributed by atoms with van der Waals surface area (Å²) in [5.74, 6) is 0. The SMILES string of the molecule is OC(c1ccc(Cl)c(Br)c1)c1ccc2c(c1)CCC2. The van der Waals surface area contributed by atoms with Crippen LogP contribution >= 0.6 is 27.5 Å². The number of fused-ring (bicyclic) bond motifs is 1. The van der Waals surface area contributed by atoms with Crippen molar-refractivity contribution in [3.05, 3.63) is 68.1 Å². The zero-order valence-electron chi connectivity index (χ0n) is 10.4. The second kappa shape index (κ2) is 5.28. The number of halogens is 2. The molecule has 0 spiro atoms. The highest BCUT2D eigenvalue weighted by Crippen LogP contribution is 2.31. The van der Waals surface area contributed by atoms with Crippen LogP contribution in [0.2, 0.25) is 5.02 Å². The maximum atomic E-state index is 10.5. The molecular formula is C16H14BrClO. The van der Waals surface area contributed by atoms with E-state index in [0.29, 0.717) is 5.02 Å². The van der Waals surface area contributed by atoms with E-state index in [1.807, 2.05) is 18.2 Å². The third-order valence-corrected chi connectivity index (χ3v) is 4.91. The van der Waals surface area contributed by atoms with Crippen molar-refractivity contribution >= 4 is 27.5 Å². The van der Waals surface area contributed by atoms with Crippen molar-refractivity contribution in [3.63, 3.8) is 0 Å². The van der Waals surface area contributed by atoms with E-state index in [4.69, 9.17) is 11.6 Å². The first-order valence-electron chi connectivity index (χ1n) is 6.40. The second-order valence-electron chi connectivity index (χ2n) is 4.96. The highest BCUT2D eigenvalue weighted by atomic mass is 79.9. The fraction of sp³-hybridized carbons (Fsp3) is 0.250. The average Bonchev–Trinajstić information content (AvgIpc) is 2.88. The predicted octanol–water partition coefficient (Wildman–Crippen LogP) is 4.67. The van der Waals surface area contributed by atoms with Gasteiger partial charge in [0.2, 0.25) is 0 Å². The zero-order valence-corrected chi connectivity index (χ0v) is 12.7. The summed E-state index contributed by atoms with van der Waals surface area (Å²) in [6.07, 6.45) is 2.92. The Bertz CT molecular complexity index is 624. The molecule has 0 aromatic heterocycles. The van der Waals surface area contributed by atoms with Crippen molar-refractivity contribution in [1.29, 1.82) is 0 Å². The van der Waals surface area contributed by atoms with E-state index in [1.165, 1.54) is 17.5 Å². The first kappa shape index (κ1) is 13.2. The number of aliphatic hydroxyl groups excluding tert-OH is 1. The summed E-state index contributed by atoms with van der Waals surface area (Å²) < 4.78 is 0.812. The molecule has 0 saturated heterocycles. The van der Waals surface area contributed by atoms with Crippen molar-refractivity contribution in [2.24, 2.45) is 0 Å². The van der Waals surface area contributed by atoms with Gasteiger partial charge in [0.1, 0.15) is 6.10 Å². The third kappa shape index (κ3) is 2.58. The molecule has 0 bridgehead atoms. The predicted molar refractivity (Wildman–Crippen MR) is 81.7 cm³/mol. The van der Waals surface area contributed by atoms with Gasteiger partial charge in [0, 0.05) is 4.47 Å². The number of rotatable bonds is 2. The van der Waals surface area contributed by atoms with Crippen LogP contribution in [0.15, 0.2) is 40.9 Å². The number of benzene rings is 2. The molecule has 1 N–H and O–H groups in total. The van der Waals surface area contributed by atoms with Crippen molar-refractivity contribution in [2.75, 3.05) is 0 Å². The number of aryl methyl sites for hydroxylation is 2. The van der Waals surface area contributed by atoms with Gasteiger partial charge in [-0.25, -0.2) is 0 Å². The smallest absolute Gasteiger partial charge is 0.104 e. The van der Waals surface area contributed by atoms with Gasteiger partial charge in [0.25, 0.3) is 0 Å². The number of aliphatic hydroxyl groups is 1. The Hall–Kier alpha value is -0.830. The standard InChI is InChI=1S/C16H14BrClO/c17-14-9-13(6-7-15(14)18)16(19)12-5-4-10-2-1-3-11(10)8-12/h4-9,16,19H,1-3H2. The first-order chi connectivity index (χ1) is 9.15. The zero-order chi connectivity index (χ0) is 13.4. The molecule has 0 radical (unpaired) electrons. The van der Waals surface area contributed by atoms with E-state index in [-0.39, 0.29) is 0 Å². The quantitative estimate of drug-likeness (QED) is 0.844. The summed E-state index contributed by atoms with van der Waals surface area (Å²) in [6.45, 7) is 0. The maximum absolute atomic E-state index is 10.5. The Morgan fingerprint density at radius 1 is 1.00 bits per heavy atom. The Kier molecular flexibility index (Phi) is 3.66. The molecule has 0 fully saturated rings. The van der Waals surface area contributed by atoms with Crippen LogP contribution < -0.4 is 0 Å². The third-order valence-electron chi connectivity index (χ3n) is 3.70. The van der Waals surface area contributed by atoms with Crippen LogP contribution in [0.5, 0.6) is 0 Å². The Morgan fingerprint density at radius 2 is 1.68 bits per heavy atom. The first-order valence-corrected chi connectivity index (χ1v) is 7.57. The fourth-order valence-electron chi connectivity index (χ4n) is 2.64. The summed E-state index contributed by atoms with van der Waals surface area (Å²) in [7, 11) is 0. The Labute approximate surface area is 126 Å². The van der Waals surface area contributed by atoms with Crippen LogP contribution in [-0.2, 0) is 12.8 Å². The Morgan fingerprint density at radius 3 is 2.47 bits per heavy atom. The lowest BCUT2D eigenvalue weighted by molar-refractivity contribution is 0.220. The molecule has 2 aromatic carbocycles. The molecule has 1 nitrogen and oxygen atoms in total. The minimum absolute atomic E-state index is 0.598. The summed E-state index contributed by atoms with van der Waals surface area (Å²) in [5, 5.41) is 11.1. The van der Waals surface area contributed by atoms with Gasteiger partial charge >= 0.3 is 0 Å². The molecule has 1 atom stereocenters. The highest BCUT2D eigenvalue weighted by Gasteiger charge is 2.16. The summed E-state index contributed by atoms with van der Waals surface area (Å²) in [4.78, 5) is 0. The molecule has 0 heterocycles. The van der Waals surface area contributed by atoms with Gasteiger partial charge in [0.15, 0.2) is 0 Å². The minimum Gasteiger partial charge on any atom is -0.384 e. The lowest BCUT2D eigenvalue weighted by Gasteiger charge is -2.14. The molecule has 98 valence electrons. The summed E-state index contributed by atoms with van der Waals surface area (Å²) >= 11 is 9.37. The van der Waals surface area contributed by atoms with Gasteiger partial charge in [0.05, 0.1) is 5.02 Å². The van der Waals surface area contributed by atoms with Gasteiger partial charge in [-0.3, -0.25) is 0 Å². The number of hydrogen-bond donors (Lipinski definition) is 1. The molecular weight excluding hydrogens is 324 g/mol. The minimum atomic E-state index is -0.598. The lowest BCUT2D eigenvalue weighted by Crippen LogP contribution is -2.00. The van der Waals surface area contributed by atoms with E-state index in [1.54, 1.807) is 6.07 Å². The van der Waals surface area contributed by atoms with Crippen LogP contribution in [0.25, 0.3) is 0 Å². The molecule has 1 aliphatic rings. The molecule has 1 unspecified atom stereocenters. The van der Waals surface area contributed by atoms with E-state index in [9.17, 15) is 5.11 Å². The molecule has 0 saturated carbocycles. The van der Waals surface area contributed by atoms with E-state index >= 15 is 0 Å². The molecule has 0 amide bonds. The van der Waals surface area contributed by atoms with Crippen LogP contribution in [0.3, 0.4) is 0 Å². The van der Waals surface area contributed by atoms with Crippen LogP contribution in [0.1, 0.15) is 34.8 Å². The van der Waals surface area contributed by atoms with Crippen molar-refractivity contribution in [1.82, 2.24) is 0 Å². The van der Waals surface area contributed by atoms with Crippen molar-refractivity contribution < 1.29 is 5.11 Å². The molecule has 19 heavy (non-hydrogen) atoms. The lowest BCUT2D eigenvalue weighted by atomic mass is 9.98. The van der Waals surface area contributed by atoms with Gasteiger partial charge in [-0.1, -0.05) is 35.9 Å². The van der Waals surface area contributed by atoms with Crippen LogP contribution in [0.4, 0.5) is 0 Å². The van der Waals surface area contributed by atoms with Crippen LogP contribution in [0, 0.1) is 0 Å². The van der Waals surface area contributed by atoms with Gasteiger partial charge in [-0.15, -0.1) is 0 Å². The fourth-order valence-corrected chi connectivity index (χ4v) is 3.15. The molecule has 0 aliphatic heterocycles. The number of hydrogen-bond acceptors (Lipinski definition) is 1. The van der Waals surface area contributed by atoms with Gasteiger partial charge in [-0.05, 0) is 69.6 Å². The monoisotopic (exact) mass is 336 g/mol. The largest absolute Gasteiger partial charge is 0.384 e. The Balaban J connectivity index is 1.94. The normalized spacial score (nSPS) is 15.3. The molecule has 3 heteroatoms. The van der Waals surface area contributed by atoms with E-state index in [0.717, 1.165) is 28.4 Å². The van der Waals surface area contributed by atoms with E-state index < -0.39 is 6.10 Å². The van der Waals surface area contributed by atoms with Crippen molar-refractivity contribution in [3.8, 4) is 0 Å². The highest BCUT2D eigenvalue weighted by molar-refractivity contribution is 9.10. The van der Waals surface area contributed by atoms with Gasteiger partial charge < -0.3 is 5.11 Å². The summed E-state index contributed by atoms with van der Waals surface area (Å²) in [6, 6.07) is 11.8. The molecule has 2 aromatic rings. The maximum Gasteiger partial charge on any atom is 0.104 e. The van der Waals surface area contributed by atoms with E-state index in [2.05, 4.69) is 28.1 Å². The van der Waals surface area contributed by atoms with Crippen LogP contribution in [-0.4, -0.2) is 5.11 Å². The van der Waals surface area contributed by atoms with Gasteiger partial charge in [-0.2, -0.15) is 0 Å². The average molecular weight is 338 g/mol. The molecule has 1 aliphatic carbocycles. The molecule has 3 rings (SSSR count). The summed E-state index contributed by atoms with van der Waals surface area (Å²) in [5.41, 5.74) is 4.61. The second-order valence-corrected chi connectivity index (χ2v) is 6.22.